The summed E-state index contributed by atoms with van der Waals surface area (Å²) < 4.78 is 5.67. The van der Waals surface area contributed by atoms with Gasteiger partial charge in [0.25, 0.3) is 0 Å². The average Bonchev–Trinajstić information content (AvgIpc) is 2.88. The first-order chi connectivity index (χ1) is 17.4. The number of fused-ring (bicyclic) bond motifs is 1. The van der Waals surface area contributed by atoms with Gasteiger partial charge in [-0.05, 0) is 29.3 Å². The first-order valence-corrected chi connectivity index (χ1v) is 11.3. The first kappa shape index (κ1) is 24.3. The summed E-state index contributed by atoms with van der Waals surface area (Å²) in [5.74, 6) is -0.371. The summed E-state index contributed by atoms with van der Waals surface area (Å²) in [6, 6.07) is 27.8. The predicted octanol–water partition coefficient (Wildman–Crippen LogP) is 6.09. The highest BCUT2D eigenvalue weighted by molar-refractivity contribution is 6.06. The van der Waals surface area contributed by atoms with Crippen molar-refractivity contribution < 1.29 is 29.6 Å². The van der Waals surface area contributed by atoms with E-state index in [1.165, 1.54) is 18.2 Å². The van der Waals surface area contributed by atoms with Crippen LogP contribution in [0, 0.1) is 0 Å². The van der Waals surface area contributed by atoms with Crippen LogP contribution in [0.4, 0.5) is 0 Å². The van der Waals surface area contributed by atoms with Gasteiger partial charge in [0.1, 0.15) is 34.7 Å². The summed E-state index contributed by atoms with van der Waals surface area (Å²) in [6.07, 6.45) is 3.02. The zero-order valence-electron chi connectivity index (χ0n) is 19.2. The Hall–Kier alpha value is -4.84. The lowest BCUT2D eigenvalue weighted by Gasteiger charge is -2.26. The quantitative estimate of drug-likeness (QED) is 0.241. The second-order valence-corrected chi connectivity index (χ2v) is 8.14. The van der Waals surface area contributed by atoms with Crippen LogP contribution in [0.15, 0.2) is 103 Å². The normalized spacial score (nSPS) is 14.3. The van der Waals surface area contributed by atoms with E-state index >= 15 is 0 Å². The van der Waals surface area contributed by atoms with E-state index in [4.69, 9.17) is 4.74 Å². The standard InChI is InChI=1S/C15H12O5.C15H12O/c16-9-3-1-8(2-4-9)13-7-12(19)15-11(18)5-10(17)6-14(15)20-13;16-15(14-9-5-2-6-10-14)12-11-13-7-3-1-4-8-13/h1-6,13,16-18H,7H2;1-12H/b;12-11+/t13-;/m0./s1. The maximum absolute atomic E-state index is 12.1. The zero-order valence-corrected chi connectivity index (χ0v) is 19.2. The fourth-order valence-corrected chi connectivity index (χ4v) is 3.73. The van der Waals surface area contributed by atoms with E-state index in [0.717, 1.165) is 22.8 Å². The van der Waals surface area contributed by atoms with Crippen molar-refractivity contribution in [1.82, 2.24) is 0 Å². The second-order valence-electron chi connectivity index (χ2n) is 8.14. The highest BCUT2D eigenvalue weighted by atomic mass is 16.5. The van der Waals surface area contributed by atoms with Crippen molar-refractivity contribution in [3.05, 3.63) is 125 Å². The lowest BCUT2D eigenvalue weighted by molar-refractivity contribution is 0.0844. The van der Waals surface area contributed by atoms with Gasteiger partial charge in [-0.2, -0.15) is 0 Å². The smallest absolute Gasteiger partial charge is 0.185 e. The summed E-state index contributed by atoms with van der Waals surface area (Å²) >= 11 is 0. The van der Waals surface area contributed by atoms with Crippen molar-refractivity contribution >= 4 is 17.6 Å². The van der Waals surface area contributed by atoms with Crippen LogP contribution in [0.2, 0.25) is 0 Å². The molecule has 0 unspecified atom stereocenters. The molecule has 0 amide bonds. The minimum absolute atomic E-state index is 0.0319. The maximum Gasteiger partial charge on any atom is 0.185 e. The molecule has 1 atom stereocenters. The Bertz CT molecular complexity index is 1380. The van der Waals surface area contributed by atoms with Crippen molar-refractivity contribution in [2.24, 2.45) is 0 Å². The highest BCUT2D eigenvalue weighted by Crippen LogP contribution is 2.41. The number of carbonyl (C=O) groups is 2. The molecule has 1 heterocycles. The Balaban J connectivity index is 0.000000174. The van der Waals surface area contributed by atoms with Crippen molar-refractivity contribution in [3.63, 3.8) is 0 Å². The number of allylic oxidation sites excluding steroid dienone is 1. The SMILES string of the molecule is O=C(/C=C/c1ccccc1)c1ccccc1.O=C1C[C@@H](c2ccc(O)cc2)Oc2cc(O)cc(O)c21. The number of rotatable bonds is 4. The molecule has 6 nitrogen and oxygen atoms in total. The Morgan fingerprint density at radius 1 is 0.806 bits per heavy atom. The van der Waals surface area contributed by atoms with Crippen LogP contribution in [0.5, 0.6) is 23.0 Å². The number of ether oxygens (including phenoxy) is 1. The summed E-state index contributed by atoms with van der Waals surface area (Å²) in [7, 11) is 0. The Morgan fingerprint density at radius 3 is 2.11 bits per heavy atom. The van der Waals surface area contributed by atoms with Gasteiger partial charge in [0.05, 0.1) is 6.42 Å². The molecule has 4 aromatic rings. The van der Waals surface area contributed by atoms with Gasteiger partial charge in [-0.15, -0.1) is 0 Å². The second kappa shape index (κ2) is 11.1. The number of phenols is 3. The summed E-state index contributed by atoms with van der Waals surface area (Å²) in [5.41, 5.74) is 2.59. The zero-order chi connectivity index (χ0) is 25.5. The van der Waals surface area contributed by atoms with E-state index in [9.17, 15) is 24.9 Å². The molecule has 6 heteroatoms. The molecule has 5 rings (SSSR count). The molecule has 3 N–H and O–H groups in total. The first-order valence-electron chi connectivity index (χ1n) is 11.3. The van der Waals surface area contributed by atoms with Crippen molar-refractivity contribution in [2.45, 2.75) is 12.5 Å². The molecule has 36 heavy (non-hydrogen) atoms. The maximum atomic E-state index is 12.1. The molecule has 180 valence electrons. The third-order valence-electron chi connectivity index (χ3n) is 5.53. The fourth-order valence-electron chi connectivity index (χ4n) is 3.73. The largest absolute Gasteiger partial charge is 0.508 e. The monoisotopic (exact) mass is 480 g/mol. The third-order valence-corrected chi connectivity index (χ3v) is 5.53. The molecule has 1 aliphatic heterocycles. The van der Waals surface area contributed by atoms with E-state index in [1.54, 1.807) is 18.2 Å². The fraction of sp³-hybridized carbons (Fsp3) is 0.0667. The van der Waals surface area contributed by atoms with Crippen LogP contribution in [0.1, 0.15) is 44.4 Å². The third kappa shape index (κ3) is 5.98. The lowest BCUT2D eigenvalue weighted by Crippen LogP contribution is -2.20. The number of phenolic OH excluding ortho intramolecular Hbond substituents is 3. The molecule has 0 fully saturated rings. The van der Waals surface area contributed by atoms with Gasteiger partial charge in [0.15, 0.2) is 11.6 Å². The Kier molecular flexibility index (Phi) is 7.46. The molecule has 0 bridgehead atoms. The van der Waals surface area contributed by atoms with E-state index < -0.39 is 6.10 Å². The van der Waals surface area contributed by atoms with Crippen LogP contribution in [-0.4, -0.2) is 26.9 Å². The van der Waals surface area contributed by atoms with Crippen LogP contribution < -0.4 is 4.74 Å². The molecule has 0 aromatic heterocycles. The molecular formula is C30H24O6. The van der Waals surface area contributed by atoms with Gasteiger partial charge >= 0.3 is 0 Å². The van der Waals surface area contributed by atoms with Gasteiger partial charge in [0.2, 0.25) is 0 Å². The number of hydrogen-bond donors (Lipinski definition) is 3. The van der Waals surface area contributed by atoms with Gasteiger partial charge in [0, 0.05) is 17.7 Å². The Morgan fingerprint density at radius 2 is 1.44 bits per heavy atom. The van der Waals surface area contributed by atoms with E-state index in [1.807, 2.05) is 66.7 Å². The molecule has 0 radical (unpaired) electrons. The van der Waals surface area contributed by atoms with E-state index in [-0.39, 0.29) is 46.5 Å². The highest BCUT2D eigenvalue weighted by Gasteiger charge is 2.30. The number of hydrogen-bond acceptors (Lipinski definition) is 6. The summed E-state index contributed by atoms with van der Waals surface area (Å²) in [5, 5.41) is 28.4. The molecule has 4 aromatic carbocycles. The summed E-state index contributed by atoms with van der Waals surface area (Å²) in [4.78, 5) is 23.8. The number of Topliss-reactive ketones (excluding diaryl/α,β-unsaturated/α-hetero) is 1. The lowest BCUT2D eigenvalue weighted by atomic mass is 9.95. The van der Waals surface area contributed by atoms with E-state index in [0.29, 0.717) is 0 Å². The van der Waals surface area contributed by atoms with Gasteiger partial charge in [-0.1, -0.05) is 78.9 Å². The van der Waals surface area contributed by atoms with Crippen LogP contribution in [-0.2, 0) is 0 Å². The molecule has 0 saturated carbocycles. The molecule has 0 aliphatic carbocycles. The van der Waals surface area contributed by atoms with Gasteiger partial charge in [-0.3, -0.25) is 9.59 Å². The van der Waals surface area contributed by atoms with Gasteiger partial charge in [-0.25, -0.2) is 0 Å². The minimum Gasteiger partial charge on any atom is -0.508 e. The molecule has 0 spiro atoms. The van der Waals surface area contributed by atoms with Crippen LogP contribution >= 0.6 is 0 Å². The van der Waals surface area contributed by atoms with Crippen LogP contribution in [0.25, 0.3) is 6.08 Å². The molecular weight excluding hydrogens is 456 g/mol. The number of carbonyl (C=O) groups excluding carboxylic acids is 2. The molecule has 0 saturated heterocycles. The molecule has 1 aliphatic rings. The Labute approximate surface area is 208 Å². The van der Waals surface area contributed by atoms with Crippen molar-refractivity contribution in [3.8, 4) is 23.0 Å². The number of aromatic hydroxyl groups is 3. The number of benzene rings is 4. The van der Waals surface area contributed by atoms with Crippen molar-refractivity contribution in [1.29, 1.82) is 0 Å². The number of ketones is 2. The average molecular weight is 481 g/mol. The summed E-state index contributed by atoms with van der Waals surface area (Å²) in [6.45, 7) is 0. The van der Waals surface area contributed by atoms with E-state index in [2.05, 4.69) is 0 Å². The predicted molar refractivity (Wildman–Crippen MR) is 136 cm³/mol. The minimum atomic E-state index is -0.503. The topological polar surface area (TPSA) is 104 Å². The van der Waals surface area contributed by atoms with Gasteiger partial charge < -0.3 is 20.1 Å². The van der Waals surface area contributed by atoms with Crippen molar-refractivity contribution in [2.75, 3.05) is 0 Å². The van der Waals surface area contributed by atoms with Crippen LogP contribution in [0.3, 0.4) is 0 Å².